The third-order valence-corrected chi connectivity index (χ3v) is 5.24. The average molecular weight is 412 g/mol. The zero-order valence-corrected chi connectivity index (χ0v) is 18.1. The van der Waals surface area contributed by atoms with Gasteiger partial charge in [0.25, 0.3) is 5.91 Å². The average Bonchev–Trinajstić information content (AvgIpc) is 2.79. The monoisotopic (exact) mass is 411 g/mol. The summed E-state index contributed by atoms with van der Waals surface area (Å²) in [6.45, 7) is 10.8. The van der Waals surface area contributed by atoms with Crippen LogP contribution in [0, 0.1) is 0 Å². The second-order valence-corrected chi connectivity index (χ2v) is 7.30. The number of nitrogens with zero attached hydrogens (tertiary/aromatic N) is 2. The van der Waals surface area contributed by atoms with Crippen LogP contribution in [0.1, 0.15) is 30.6 Å². The summed E-state index contributed by atoms with van der Waals surface area (Å²) in [7, 11) is 0. The van der Waals surface area contributed by atoms with E-state index in [-0.39, 0.29) is 5.91 Å². The highest BCUT2D eigenvalue weighted by atomic mass is 16.5. The normalized spacial score (nSPS) is 14.4. The molecule has 1 N–H and O–H groups in total. The Morgan fingerprint density at radius 3 is 2.33 bits per heavy atom. The highest BCUT2D eigenvalue weighted by Gasteiger charge is 2.17. The predicted octanol–water partition coefficient (Wildman–Crippen LogP) is 3.43. The van der Waals surface area contributed by atoms with Gasteiger partial charge in [-0.15, -0.1) is 0 Å². The maximum absolute atomic E-state index is 12.5. The van der Waals surface area contributed by atoms with Crippen molar-refractivity contribution in [3.05, 3.63) is 54.1 Å². The van der Waals surface area contributed by atoms with Crippen LogP contribution in [0.5, 0.6) is 11.5 Å². The zero-order valence-electron chi connectivity index (χ0n) is 18.1. The van der Waals surface area contributed by atoms with Gasteiger partial charge in [-0.05, 0) is 57.1 Å². The molecule has 1 aliphatic rings. The number of piperazine rings is 1. The van der Waals surface area contributed by atoms with Crippen molar-refractivity contribution in [2.75, 3.05) is 57.4 Å². The van der Waals surface area contributed by atoms with Gasteiger partial charge in [0.05, 0.1) is 13.2 Å². The van der Waals surface area contributed by atoms with Gasteiger partial charge in [0.15, 0.2) is 11.5 Å². The van der Waals surface area contributed by atoms with E-state index in [1.165, 1.54) is 5.69 Å². The Balaban J connectivity index is 1.39. The van der Waals surface area contributed by atoms with Crippen LogP contribution < -0.4 is 19.7 Å². The fourth-order valence-corrected chi connectivity index (χ4v) is 3.67. The van der Waals surface area contributed by atoms with Gasteiger partial charge in [0.1, 0.15) is 0 Å². The molecule has 0 saturated carbocycles. The van der Waals surface area contributed by atoms with Crippen LogP contribution in [-0.2, 0) is 0 Å². The number of carbonyl (C=O) groups is 1. The number of rotatable bonds is 10. The van der Waals surface area contributed by atoms with Crippen molar-refractivity contribution in [2.45, 2.75) is 20.3 Å². The van der Waals surface area contributed by atoms with Crippen molar-refractivity contribution in [1.82, 2.24) is 10.2 Å². The highest BCUT2D eigenvalue weighted by molar-refractivity contribution is 5.94. The van der Waals surface area contributed by atoms with E-state index in [0.717, 1.165) is 39.1 Å². The number of carbonyl (C=O) groups excluding carboxylic acids is 1. The molecule has 1 saturated heterocycles. The molecule has 6 nitrogen and oxygen atoms in total. The van der Waals surface area contributed by atoms with Gasteiger partial charge in [0.2, 0.25) is 0 Å². The van der Waals surface area contributed by atoms with Crippen molar-refractivity contribution in [3.8, 4) is 11.5 Å². The number of hydrogen-bond acceptors (Lipinski definition) is 5. The molecule has 0 aliphatic carbocycles. The smallest absolute Gasteiger partial charge is 0.251 e. The fraction of sp³-hybridized carbons (Fsp3) is 0.458. The molecule has 2 aromatic rings. The van der Waals surface area contributed by atoms with E-state index in [0.29, 0.717) is 36.8 Å². The van der Waals surface area contributed by atoms with Crippen molar-refractivity contribution >= 4 is 11.6 Å². The molecule has 0 bridgehead atoms. The molecule has 0 unspecified atom stereocenters. The molecule has 0 atom stereocenters. The molecular formula is C24H33N3O3. The minimum absolute atomic E-state index is 0.0760. The first-order chi connectivity index (χ1) is 14.7. The Bertz CT molecular complexity index is 790. The summed E-state index contributed by atoms with van der Waals surface area (Å²) in [5, 5.41) is 3.02. The molecular weight excluding hydrogens is 378 g/mol. The summed E-state index contributed by atoms with van der Waals surface area (Å²) >= 11 is 0. The van der Waals surface area contributed by atoms with Gasteiger partial charge in [0, 0.05) is 44.0 Å². The Hall–Kier alpha value is -2.73. The minimum atomic E-state index is -0.0760. The number of amides is 1. The molecule has 1 aliphatic heterocycles. The van der Waals surface area contributed by atoms with E-state index in [9.17, 15) is 4.79 Å². The fourth-order valence-electron chi connectivity index (χ4n) is 3.67. The van der Waals surface area contributed by atoms with Crippen molar-refractivity contribution in [2.24, 2.45) is 0 Å². The van der Waals surface area contributed by atoms with E-state index in [1.807, 2.05) is 13.8 Å². The van der Waals surface area contributed by atoms with E-state index < -0.39 is 0 Å². The van der Waals surface area contributed by atoms with E-state index in [4.69, 9.17) is 9.47 Å². The van der Waals surface area contributed by atoms with Crippen molar-refractivity contribution in [1.29, 1.82) is 0 Å². The van der Waals surface area contributed by atoms with Gasteiger partial charge in [-0.25, -0.2) is 0 Å². The Labute approximate surface area is 179 Å². The molecule has 2 aromatic carbocycles. The van der Waals surface area contributed by atoms with Gasteiger partial charge < -0.3 is 19.7 Å². The molecule has 6 heteroatoms. The number of para-hydroxylation sites is 1. The lowest BCUT2D eigenvalue weighted by Crippen LogP contribution is -2.47. The zero-order chi connectivity index (χ0) is 21.2. The number of anilines is 1. The van der Waals surface area contributed by atoms with E-state index in [1.54, 1.807) is 18.2 Å². The largest absolute Gasteiger partial charge is 0.490 e. The lowest BCUT2D eigenvalue weighted by molar-refractivity contribution is 0.0951. The third kappa shape index (κ3) is 6.13. The first-order valence-corrected chi connectivity index (χ1v) is 10.9. The van der Waals surface area contributed by atoms with Crippen LogP contribution in [0.25, 0.3) is 0 Å². The molecule has 1 amide bonds. The SMILES string of the molecule is CCOc1ccc(C(=O)NCCCN2CCN(c3ccccc3)CC2)cc1OCC. The standard InChI is InChI=1S/C24H33N3O3/c1-3-29-22-12-11-20(19-23(22)30-4-2)24(28)25-13-8-14-26-15-17-27(18-16-26)21-9-6-5-7-10-21/h5-7,9-12,19H,3-4,8,13-18H2,1-2H3,(H,25,28). The van der Waals surface area contributed by atoms with Crippen molar-refractivity contribution < 1.29 is 14.3 Å². The van der Waals surface area contributed by atoms with Crippen LogP contribution in [0.2, 0.25) is 0 Å². The highest BCUT2D eigenvalue weighted by Crippen LogP contribution is 2.28. The lowest BCUT2D eigenvalue weighted by atomic mass is 10.2. The number of hydrogen-bond donors (Lipinski definition) is 1. The summed E-state index contributed by atoms with van der Waals surface area (Å²) in [6, 6.07) is 15.9. The number of ether oxygens (including phenoxy) is 2. The van der Waals surface area contributed by atoms with Gasteiger partial charge >= 0.3 is 0 Å². The molecule has 162 valence electrons. The number of benzene rings is 2. The summed E-state index contributed by atoms with van der Waals surface area (Å²) in [6.07, 6.45) is 0.937. The van der Waals surface area contributed by atoms with Crippen LogP contribution in [0.4, 0.5) is 5.69 Å². The maximum atomic E-state index is 12.5. The van der Waals surface area contributed by atoms with E-state index >= 15 is 0 Å². The molecule has 0 aromatic heterocycles. The maximum Gasteiger partial charge on any atom is 0.251 e. The molecule has 0 spiro atoms. The minimum Gasteiger partial charge on any atom is -0.490 e. The molecule has 1 fully saturated rings. The second kappa shape index (κ2) is 11.5. The summed E-state index contributed by atoms with van der Waals surface area (Å²) < 4.78 is 11.2. The Morgan fingerprint density at radius 1 is 0.933 bits per heavy atom. The Kier molecular flexibility index (Phi) is 8.39. The van der Waals surface area contributed by atoms with Crippen LogP contribution >= 0.6 is 0 Å². The topological polar surface area (TPSA) is 54.0 Å². The van der Waals surface area contributed by atoms with Crippen LogP contribution in [0.3, 0.4) is 0 Å². The summed E-state index contributed by atoms with van der Waals surface area (Å²) in [5.41, 5.74) is 1.89. The number of nitrogens with one attached hydrogen (secondary N) is 1. The van der Waals surface area contributed by atoms with E-state index in [2.05, 4.69) is 45.4 Å². The van der Waals surface area contributed by atoms with Gasteiger partial charge in [-0.1, -0.05) is 18.2 Å². The van der Waals surface area contributed by atoms with Gasteiger partial charge in [-0.2, -0.15) is 0 Å². The second-order valence-electron chi connectivity index (χ2n) is 7.30. The lowest BCUT2D eigenvalue weighted by Gasteiger charge is -2.36. The third-order valence-electron chi connectivity index (χ3n) is 5.24. The molecule has 1 heterocycles. The summed E-state index contributed by atoms with van der Waals surface area (Å²) in [4.78, 5) is 17.4. The van der Waals surface area contributed by atoms with Crippen molar-refractivity contribution in [3.63, 3.8) is 0 Å². The Morgan fingerprint density at radius 2 is 1.63 bits per heavy atom. The first-order valence-electron chi connectivity index (χ1n) is 10.9. The molecule has 30 heavy (non-hydrogen) atoms. The predicted molar refractivity (Wildman–Crippen MR) is 121 cm³/mol. The molecule has 0 radical (unpaired) electrons. The van der Waals surface area contributed by atoms with Gasteiger partial charge in [-0.3, -0.25) is 9.69 Å². The quantitative estimate of drug-likeness (QED) is 0.607. The summed E-state index contributed by atoms with van der Waals surface area (Å²) in [5.74, 6) is 1.21. The van der Waals surface area contributed by atoms with Crippen LogP contribution in [-0.4, -0.2) is 63.3 Å². The van der Waals surface area contributed by atoms with Crippen LogP contribution in [0.15, 0.2) is 48.5 Å². The molecule has 3 rings (SSSR count). The first kappa shape index (κ1) is 22.0.